The van der Waals surface area contributed by atoms with Crippen LogP contribution in [0.25, 0.3) is 0 Å². The van der Waals surface area contributed by atoms with Crippen molar-refractivity contribution in [3.8, 4) is 0 Å². The zero-order valence-electron chi connectivity index (χ0n) is 7.42. The Bertz CT molecular complexity index is 381. The van der Waals surface area contributed by atoms with Crippen LogP contribution in [0.3, 0.4) is 0 Å². The van der Waals surface area contributed by atoms with Crippen LogP contribution in [0, 0.1) is 12.7 Å². The van der Waals surface area contributed by atoms with E-state index >= 15 is 0 Å². The number of carboxylic acid groups (broad SMARTS) is 1. The number of carbonyl (C=O) groups is 1. The maximum absolute atomic E-state index is 13.3. The van der Waals surface area contributed by atoms with Crippen LogP contribution in [0.1, 0.15) is 17.2 Å². The Morgan fingerprint density at radius 1 is 1.64 bits per heavy atom. The molecule has 5 heteroatoms. The van der Waals surface area contributed by atoms with Crippen LogP contribution in [0.2, 0.25) is 0 Å². The molecule has 3 N–H and O–H groups in total. The molecule has 76 valence electrons. The average Bonchev–Trinajstić information content (AvgIpc) is 2.10. The number of aryl methyl sites for hydroxylation is 1. The molecule has 0 spiro atoms. The lowest BCUT2D eigenvalue weighted by molar-refractivity contribution is -0.138. The third-order valence-corrected chi connectivity index (χ3v) is 2.73. The highest BCUT2D eigenvalue weighted by Crippen LogP contribution is 2.24. The van der Waals surface area contributed by atoms with E-state index in [4.69, 9.17) is 10.8 Å². The summed E-state index contributed by atoms with van der Waals surface area (Å²) in [5.74, 6) is -1.85. The van der Waals surface area contributed by atoms with E-state index in [0.717, 1.165) is 0 Å². The third kappa shape index (κ3) is 2.10. The number of carboxylic acids is 1. The lowest BCUT2D eigenvalue weighted by Gasteiger charge is -2.09. The van der Waals surface area contributed by atoms with Crippen LogP contribution in [0.15, 0.2) is 16.6 Å². The number of aliphatic carboxylic acids is 1. The summed E-state index contributed by atoms with van der Waals surface area (Å²) in [5, 5.41) is 8.61. The molecule has 0 radical (unpaired) electrons. The minimum Gasteiger partial charge on any atom is -0.480 e. The van der Waals surface area contributed by atoms with Crippen molar-refractivity contribution >= 4 is 21.9 Å². The first kappa shape index (κ1) is 11.1. The van der Waals surface area contributed by atoms with E-state index in [2.05, 4.69) is 15.9 Å². The van der Waals surface area contributed by atoms with E-state index < -0.39 is 17.8 Å². The second kappa shape index (κ2) is 4.06. The average molecular weight is 262 g/mol. The lowest BCUT2D eigenvalue weighted by atomic mass is 10.1. The van der Waals surface area contributed by atoms with Crippen LogP contribution < -0.4 is 5.73 Å². The molecule has 0 aliphatic carbocycles. The Morgan fingerprint density at radius 2 is 2.21 bits per heavy atom. The van der Waals surface area contributed by atoms with E-state index in [-0.39, 0.29) is 5.56 Å². The van der Waals surface area contributed by atoms with Crippen molar-refractivity contribution in [3.63, 3.8) is 0 Å². The molecule has 1 atom stereocenters. The predicted molar refractivity (Wildman–Crippen MR) is 53.4 cm³/mol. The van der Waals surface area contributed by atoms with Gasteiger partial charge in [-0.3, -0.25) is 4.79 Å². The molecule has 0 bridgehead atoms. The minimum absolute atomic E-state index is 0.0185. The van der Waals surface area contributed by atoms with Crippen molar-refractivity contribution in [2.75, 3.05) is 0 Å². The third-order valence-electron chi connectivity index (χ3n) is 1.88. The molecule has 0 aliphatic heterocycles. The van der Waals surface area contributed by atoms with Gasteiger partial charge in [-0.15, -0.1) is 0 Å². The van der Waals surface area contributed by atoms with Crippen LogP contribution >= 0.6 is 15.9 Å². The number of hydrogen-bond acceptors (Lipinski definition) is 2. The first-order valence-electron chi connectivity index (χ1n) is 3.87. The van der Waals surface area contributed by atoms with E-state index in [1.807, 2.05) is 0 Å². The molecule has 1 rings (SSSR count). The molecule has 0 fully saturated rings. The topological polar surface area (TPSA) is 63.3 Å². The summed E-state index contributed by atoms with van der Waals surface area (Å²) in [7, 11) is 0. The van der Waals surface area contributed by atoms with Gasteiger partial charge in [-0.25, -0.2) is 4.39 Å². The maximum Gasteiger partial charge on any atom is 0.325 e. The molecule has 14 heavy (non-hydrogen) atoms. The second-order valence-corrected chi connectivity index (χ2v) is 3.79. The van der Waals surface area contributed by atoms with Gasteiger partial charge in [-0.05, 0) is 24.6 Å². The summed E-state index contributed by atoms with van der Waals surface area (Å²) in [5.41, 5.74) is 5.98. The van der Waals surface area contributed by atoms with E-state index in [1.165, 1.54) is 12.1 Å². The smallest absolute Gasteiger partial charge is 0.325 e. The van der Waals surface area contributed by atoms with E-state index in [9.17, 15) is 9.18 Å². The summed E-state index contributed by atoms with van der Waals surface area (Å²) in [4.78, 5) is 10.5. The molecule has 0 heterocycles. The Morgan fingerprint density at radius 3 is 2.71 bits per heavy atom. The van der Waals surface area contributed by atoms with Gasteiger partial charge < -0.3 is 10.8 Å². The Kier molecular flexibility index (Phi) is 3.23. The first-order chi connectivity index (χ1) is 6.43. The van der Waals surface area contributed by atoms with Gasteiger partial charge in [0.1, 0.15) is 11.9 Å². The number of benzene rings is 1. The van der Waals surface area contributed by atoms with Crippen molar-refractivity contribution in [1.29, 1.82) is 0 Å². The van der Waals surface area contributed by atoms with Gasteiger partial charge in [-0.2, -0.15) is 0 Å². The largest absolute Gasteiger partial charge is 0.480 e. The normalized spacial score (nSPS) is 12.6. The molecule has 1 aromatic carbocycles. The van der Waals surface area contributed by atoms with Crippen LogP contribution in [0.5, 0.6) is 0 Å². The molecule has 0 aliphatic rings. The fourth-order valence-electron chi connectivity index (χ4n) is 1.03. The maximum atomic E-state index is 13.3. The molecular formula is C9H9BrFNO2. The van der Waals surface area contributed by atoms with Crippen molar-refractivity contribution in [2.45, 2.75) is 13.0 Å². The summed E-state index contributed by atoms with van der Waals surface area (Å²) >= 11 is 3.18. The van der Waals surface area contributed by atoms with Gasteiger partial charge >= 0.3 is 5.97 Å². The van der Waals surface area contributed by atoms with E-state index in [1.54, 1.807) is 6.92 Å². The van der Waals surface area contributed by atoms with Gasteiger partial charge in [-0.1, -0.05) is 15.9 Å². The zero-order valence-corrected chi connectivity index (χ0v) is 9.01. The highest BCUT2D eigenvalue weighted by molar-refractivity contribution is 9.10. The minimum atomic E-state index is -1.33. The fourth-order valence-corrected chi connectivity index (χ4v) is 1.39. The lowest BCUT2D eigenvalue weighted by Crippen LogP contribution is -2.22. The summed E-state index contributed by atoms with van der Waals surface area (Å²) < 4.78 is 13.9. The first-order valence-corrected chi connectivity index (χ1v) is 4.66. The van der Waals surface area contributed by atoms with Crippen molar-refractivity contribution in [1.82, 2.24) is 0 Å². The van der Waals surface area contributed by atoms with Gasteiger partial charge in [0.05, 0.1) is 0 Å². The Labute approximate surface area is 88.9 Å². The standard InChI is InChI=1S/C9H9BrFNO2/c1-4-2-7(11)5(3-6(4)10)8(12)9(13)14/h2-3,8H,12H2,1H3,(H,13,14). The van der Waals surface area contributed by atoms with Crippen molar-refractivity contribution in [3.05, 3.63) is 33.5 Å². The molecule has 0 saturated heterocycles. The Balaban J connectivity index is 3.22. The Hall–Kier alpha value is -0.940. The summed E-state index contributed by atoms with van der Waals surface area (Å²) in [6.45, 7) is 1.71. The number of halogens is 2. The van der Waals surface area contributed by atoms with E-state index in [0.29, 0.717) is 10.0 Å². The SMILES string of the molecule is Cc1cc(F)c(C(N)C(=O)O)cc1Br. The van der Waals surface area contributed by atoms with Gasteiger partial charge in [0.25, 0.3) is 0 Å². The highest BCUT2D eigenvalue weighted by Gasteiger charge is 2.19. The molecule has 0 saturated carbocycles. The van der Waals surface area contributed by atoms with Gasteiger partial charge in [0, 0.05) is 10.0 Å². The van der Waals surface area contributed by atoms with Crippen molar-refractivity contribution in [2.24, 2.45) is 5.73 Å². The second-order valence-electron chi connectivity index (χ2n) is 2.94. The van der Waals surface area contributed by atoms with Crippen LogP contribution in [0.4, 0.5) is 4.39 Å². The molecule has 0 aromatic heterocycles. The highest BCUT2D eigenvalue weighted by atomic mass is 79.9. The summed E-state index contributed by atoms with van der Waals surface area (Å²) in [6.07, 6.45) is 0. The fraction of sp³-hybridized carbons (Fsp3) is 0.222. The van der Waals surface area contributed by atoms with Crippen molar-refractivity contribution < 1.29 is 14.3 Å². The van der Waals surface area contributed by atoms with Gasteiger partial charge in [0.2, 0.25) is 0 Å². The van der Waals surface area contributed by atoms with Crippen LogP contribution in [-0.2, 0) is 4.79 Å². The monoisotopic (exact) mass is 261 g/mol. The molecule has 0 amide bonds. The predicted octanol–water partition coefficient (Wildman–Crippen LogP) is 1.98. The number of rotatable bonds is 2. The zero-order chi connectivity index (χ0) is 10.9. The molecular weight excluding hydrogens is 253 g/mol. The van der Waals surface area contributed by atoms with Crippen LogP contribution in [-0.4, -0.2) is 11.1 Å². The molecule has 3 nitrogen and oxygen atoms in total. The number of nitrogens with two attached hydrogens (primary N) is 1. The molecule has 1 unspecified atom stereocenters. The van der Waals surface area contributed by atoms with Gasteiger partial charge in [0.15, 0.2) is 0 Å². The molecule has 1 aromatic rings. The quantitative estimate of drug-likeness (QED) is 0.856. The number of hydrogen-bond donors (Lipinski definition) is 2. The summed E-state index contributed by atoms with van der Waals surface area (Å²) in [6, 6.07) is 1.32.